The summed E-state index contributed by atoms with van der Waals surface area (Å²) in [6.07, 6.45) is 13.9. The largest absolute Gasteiger partial charge is 0.303 e. The summed E-state index contributed by atoms with van der Waals surface area (Å²) in [5, 5.41) is 0. The van der Waals surface area contributed by atoms with Crippen LogP contribution in [0.25, 0.3) is 0 Å². The van der Waals surface area contributed by atoms with E-state index in [-0.39, 0.29) is 5.41 Å². The smallest absolute Gasteiger partial charge is 0.155 e. The van der Waals surface area contributed by atoms with Gasteiger partial charge in [-0.05, 0) is 74.2 Å². The summed E-state index contributed by atoms with van der Waals surface area (Å²) in [4.78, 5) is 23.4. The van der Waals surface area contributed by atoms with Crippen LogP contribution in [-0.2, 0) is 9.59 Å². The van der Waals surface area contributed by atoms with Crippen LogP contribution in [0.5, 0.6) is 0 Å². The first-order chi connectivity index (χ1) is 11.0. The van der Waals surface area contributed by atoms with E-state index in [0.717, 1.165) is 19.3 Å². The van der Waals surface area contributed by atoms with Crippen LogP contribution in [0.2, 0.25) is 0 Å². The van der Waals surface area contributed by atoms with Gasteiger partial charge in [-0.2, -0.15) is 0 Å². The van der Waals surface area contributed by atoms with Crippen molar-refractivity contribution in [3.63, 3.8) is 0 Å². The van der Waals surface area contributed by atoms with Gasteiger partial charge in [0.05, 0.1) is 0 Å². The molecule has 0 bridgehead atoms. The van der Waals surface area contributed by atoms with E-state index in [1.807, 2.05) is 6.08 Å². The Kier molecular flexibility index (Phi) is 3.44. The molecule has 0 N–H and O–H groups in total. The first-order valence-corrected chi connectivity index (χ1v) is 9.38. The molecule has 0 amide bonds. The van der Waals surface area contributed by atoms with Gasteiger partial charge in [0, 0.05) is 17.8 Å². The summed E-state index contributed by atoms with van der Waals surface area (Å²) in [6.45, 7) is 6.70. The monoisotopic (exact) mass is 312 g/mol. The molecular formula is C21H28O2. The highest BCUT2D eigenvalue weighted by atomic mass is 16.1. The van der Waals surface area contributed by atoms with Crippen LogP contribution < -0.4 is 0 Å². The van der Waals surface area contributed by atoms with Crippen molar-refractivity contribution in [2.75, 3.05) is 0 Å². The number of hydrogen-bond donors (Lipinski definition) is 0. The average molecular weight is 312 g/mol. The third-order valence-electron chi connectivity index (χ3n) is 8.12. The first kappa shape index (κ1) is 15.4. The zero-order valence-corrected chi connectivity index (χ0v) is 14.2. The summed E-state index contributed by atoms with van der Waals surface area (Å²) in [7, 11) is 0. The van der Waals surface area contributed by atoms with Crippen LogP contribution in [-0.4, -0.2) is 12.1 Å². The van der Waals surface area contributed by atoms with Gasteiger partial charge in [-0.1, -0.05) is 18.6 Å². The van der Waals surface area contributed by atoms with Gasteiger partial charge < -0.3 is 4.79 Å². The Morgan fingerprint density at radius 1 is 1.17 bits per heavy atom. The number of allylic oxidation sites excluding steroid dienone is 2. The van der Waals surface area contributed by atoms with Crippen molar-refractivity contribution in [1.29, 1.82) is 0 Å². The number of aldehydes is 1. The molecular weight excluding hydrogens is 284 g/mol. The fourth-order valence-electron chi connectivity index (χ4n) is 7.03. The van der Waals surface area contributed by atoms with Crippen molar-refractivity contribution in [3.05, 3.63) is 24.3 Å². The van der Waals surface area contributed by atoms with Crippen molar-refractivity contribution in [2.24, 2.45) is 34.5 Å². The minimum Gasteiger partial charge on any atom is -0.303 e. The van der Waals surface area contributed by atoms with Crippen LogP contribution >= 0.6 is 0 Å². The molecule has 0 radical (unpaired) electrons. The maximum atomic E-state index is 11.9. The molecule has 4 aliphatic carbocycles. The average Bonchev–Trinajstić information content (AvgIpc) is 2.99. The van der Waals surface area contributed by atoms with E-state index >= 15 is 0 Å². The van der Waals surface area contributed by atoms with Crippen molar-refractivity contribution >= 4 is 12.1 Å². The van der Waals surface area contributed by atoms with Crippen molar-refractivity contribution in [3.8, 4) is 0 Å². The second-order valence-corrected chi connectivity index (χ2v) is 8.66. The van der Waals surface area contributed by atoms with E-state index in [9.17, 15) is 9.59 Å². The van der Waals surface area contributed by atoms with Gasteiger partial charge in [0.1, 0.15) is 6.29 Å². The van der Waals surface area contributed by atoms with E-state index in [1.54, 1.807) is 0 Å². The van der Waals surface area contributed by atoms with E-state index in [2.05, 4.69) is 19.6 Å². The third kappa shape index (κ3) is 1.93. The van der Waals surface area contributed by atoms with E-state index in [0.29, 0.717) is 41.3 Å². The summed E-state index contributed by atoms with van der Waals surface area (Å²) in [6, 6.07) is 0. The standard InChI is InChI=1S/C21H28O2/c1-3-21-11-9-16(23)12-15(21)8-10-20(2)18-6-4-14(13-22)17(18)5-7-19(20)21/h3,12-14,17-19H,1,4-11H2,2H3/t14-,17+,18-,19+,20+,21+/m1/s1. The van der Waals surface area contributed by atoms with Gasteiger partial charge in [0.15, 0.2) is 5.78 Å². The molecule has 3 saturated carbocycles. The van der Waals surface area contributed by atoms with E-state index < -0.39 is 0 Å². The Morgan fingerprint density at radius 3 is 2.74 bits per heavy atom. The number of carbonyl (C=O) groups is 2. The van der Waals surface area contributed by atoms with Crippen LogP contribution in [0.15, 0.2) is 24.3 Å². The molecule has 0 aromatic rings. The lowest BCUT2D eigenvalue weighted by atomic mass is 9.43. The Labute approximate surface area is 139 Å². The summed E-state index contributed by atoms with van der Waals surface area (Å²) >= 11 is 0. The molecule has 0 aromatic heterocycles. The number of fused-ring (bicyclic) bond motifs is 5. The Morgan fingerprint density at radius 2 is 2.00 bits per heavy atom. The van der Waals surface area contributed by atoms with E-state index in [1.165, 1.54) is 37.5 Å². The number of carbonyl (C=O) groups excluding carboxylic acids is 2. The third-order valence-corrected chi connectivity index (χ3v) is 8.12. The topological polar surface area (TPSA) is 34.1 Å². The maximum absolute atomic E-state index is 11.9. The molecule has 6 atom stereocenters. The van der Waals surface area contributed by atoms with Gasteiger partial charge in [-0.3, -0.25) is 4.79 Å². The minimum atomic E-state index is 0.0468. The highest BCUT2D eigenvalue weighted by Gasteiger charge is 2.60. The van der Waals surface area contributed by atoms with E-state index in [4.69, 9.17) is 0 Å². The lowest BCUT2D eigenvalue weighted by molar-refractivity contribution is -0.120. The van der Waals surface area contributed by atoms with Crippen LogP contribution in [0.4, 0.5) is 0 Å². The normalized spacial score (nSPS) is 48.7. The lowest BCUT2D eigenvalue weighted by Gasteiger charge is -2.61. The van der Waals surface area contributed by atoms with Gasteiger partial charge in [-0.25, -0.2) is 0 Å². The van der Waals surface area contributed by atoms with Gasteiger partial charge in [-0.15, -0.1) is 6.58 Å². The predicted octanol–water partition coefficient (Wildman–Crippen LogP) is 4.50. The molecule has 2 nitrogen and oxygen atoms in total. The number of ketones is 1. The van der Waals surface area contributed by atoms with Gasteiger partial charge >= 0.3 is 0 Å². The molecule has 2 heteroatoms. The number of rotatable bonds is 2. The lowest BCUT2D eigenvalue weighted by Crippen LogP contribution is -2.54. The second kappa shape index (κ2) is 5.16. The quantitative estimate of drug-likeness (QED) is 0.556. The molecule has 124 valence electrons. The molecule has 0 aliphatic heterocycles. The molecule has 4 aliphatic rings. The SMILES string of the molecule is C=C[C@]12CCC(=O)C=C1CC[C@@]1(C)[C@@H]3CC[C@H](C=O)[C@@H]3CC[C@@H]12. The predicted molar refractivity (Wildman–Crippen MR) is 90.8 cm³/mol. The zero-order valence-electron chi connectivity index (χ0n) is 14.2. The molecule has 0 saturated heterocycles. The molecule has 0 heterocycles. The zero-order chi connectivity index (χ0) is 16.2. The molecule has 23 heavy (non-hydrogen) atoms. The van der Waals surface area contributed by atoms with Crippen molar-refractivity contribution < 1.29 is 9.59 Å². The summed E-state index contributed by atoms with van der Waals surface area (Å²) < 4.78 is 0. The molecule has 0 unspecified atom stereocenters. The van der Waals surface area contributed by atoms with Gasteiger partial charge in [0.25, 0.3) is 0 Å². The summed E-state index contributed by atoms with van der Waals surface area (Å²) in [5.41, 5.74) is 1.71. The summed E-state index contributed by atoms with van der Waals surface area (Å²) in [5.74, 6) is 2.49. The second-order valence-electron chi connectivity index (χ2n) is 8.66. The Balaban J connectivity index is 1.75. The van der Waals surface area contributed by atoms with Crippen LogP contribution in [0.3, 0.4) is 0 Å². The van der Waals surface area contributed by atoms with Crippen LogP contribution in [0.1, 0.15) is 58.3 Å². The fraction of sp³-hybridized carbons (Fsp3) is 0.714. The van der Waals surface area contributed by atoms with Crippen molar-refractivity contribution in [1.82, 2.24) is 0 Å². The highest BCUT2D eigenvalue weighted by Crippen LogP contribution is 2.68. The van der Waals surface area contributed by atoms with Crippen molar-refractivity contribution in [2.45, 2.75) is 58.3 Å². The first-order valence-electron chi connectivity index (χ1n) is 9.38. The maximum Gasteiger partial charge on any atom is 0.155 e. The molecule has 3 fully saturated rings. The van der Waals surface area contributed by atoms with Crippen LogP contribution in [0, 0.1) is 34.5 Å². The Hall–Kier alpha value is -1.18. The van der Waals surface area contributed by atoms with Gasteiger partial charge in [0.2, 0.25) is 0 Å². The molecule has 0 spiro atoms. The molecule has 0 aromatic carbocycles. The minimum absolute atomic E-state index is 0.0468. The Bertz CT molecular complexity index is 589. The highest BCUT2D eigenvalue weighted by molar-refractivity contribution is 5.91. The molecule has 4 rings (SSSR count). The fourth-order valence-corrected chi connectivity index (χ4v) is 7.03. The number of hydrogen-bond acceptors (Lipinski definition) is 2.